The number of carbonyl (C=O) groups excluding carboxylic acids is 1. The van der Waals surface area contributed by atoms with E-state index in [0.717, 1.165) is 12.0 Å². The molecule has 0 fully saturated rings. The van der Waals surface area contributed by atoms with Crippen molar-refractivity contribution in [3.05, 3.63) is 35.4 Å². The molecule has 1 rings (SSSR count). The fourth-order valence-electron chi connectivity index (χ4n) is 1.97. The number of benzene rings is 1. The summed E-state index contributed by atoms with van der Waals surface area (Å²) >= 11 is 0. The van der Waals surface area contributed by atoms with Gasteiger partial charge in [0.1, 0.15) is 0 Å². The summed E-state index contributed by atoms with van der Waals surface area (Å²) in [6.45, 7) is 6.55. The molecule has 1 aromatic carbocycles. The first-order valence-electron chi connectivity index (χ1n) is 6.65. The van der Waals surface area contributed by atoms with Gasteiger partial charge in [-0.15, -0.1) is 0 Å². The third-order valence-electron chi connectivity index (χ3n) is 3.03. The lowest BCUT2D eigenvalue weighted by atomic mass is 9.94. The minimum absolute atomic E-state index is 0.0695. The summed E-state index contributed by atoms with van der Waals surface area (Å²) < 4.78 is 0. The van der Waals surface area contributed by atoms with E-state index in [-0.39, 0.29) is 17.9 Å². The normalized spacial score (nSPS) is 12.5. The van der Waals surface area contributed by atoms with E-state index in [4.69, 9.17) is 5.73 Å². The van der Waals surface area contributed by atoms with Crippen molar-refractivity contribution in [3.63, 3.8) is 0 Å². The minimum atomic E-state index is 0.0695. The summed E-state index contributed by atoms with van der Waals surface area (Å²) in [7, 11) is 0. The standard InChI is InChI=1S/C15H24N2O/c1-4-12-5-7-13(8-6-12)14(10-16)9-15(18)17-11(2)3/h5-8,11,14H,4,9-10,16H2,1-3H3,(H,17,18). The highest BCUT2D eigenvalue weighted by atomic mass is 16.1. The quantitative estimate of drug-likeness (QED) is 0.811. The minimum Gasteiger partial charge on any atom is -0.354 e. The van der Waals surface area contributed by atoms with Crippen molar-refractivity contribution in [3.8, 4) is 0 Å². The van der Waals surface area contributed by atoms with E-state index < -0.39 is 0 Å². The number of nitrogens with two attached hydrogens (primary N) is 1. The number of aryl methyl sites for hydroxylation is 1. The Kier molecular flexibility index (Phi) is 5.86. The Balaban J connectivity index is 2.67. The number of rotatable bonds is 6. The molecule has 3 N–H and O–H groups in total. The Morgan fingerprint density at radius 1 is 1.28 bits per heavy atom. The lowest BCUT2D eigenvalue weighted by molar-refractivity contribution is -0.121. The SMILES string of the molecule is CCc1ccc(C(CN)CC(=O)NC(C)C)cc1. The van der Waals surface area contributed by atoms with Gasteiger partial charge < -0.3 is 11.1 Å². The fraction of sp³-hybridized carbons (Fsp3) is 0.533. The van der Waals surface area contributed by atoms with Gasteiger partial charge in [0, 0.05) is 18.4 Å². The van der Waals surface area contributed by atoms with Gasteiger partial charge in [-0.1, -0.05) is 31.2 Å². The summed E-state index contributed by atoms with van der Waals surface area (Å²) in [5.74, 6) is 0.176. The molecule has 1 unspecified atom stereocenters. The fourth-order valence-corrected chi connectivity index (χ4v) is 1.97. The van der Waals surface area contributed by atoms with E-state index in [1.807, 2.05) is 13.8 Å². The van der Waals surface area contributed by atoms with Crippen molar-refractivity contribution >= 4 is 5.91 Å². The van der Waals surface area contributed by atoms with Crippen molar-refractivity contribution < 1.29 is 4.79 Å². The van der Waals surface area contributed by atoms with Gasteiger partial charge in [0.15, 0.2) is 0 Å². The van der Waals surface area contributed by atoms with Crippen LogP contribution in [0.4, 0.5) is 0 Å². The molecule has 0 radical (unpaired) electrons. The Morgan fingerprint density at radius 3 is 2.33 bits per heavy atom. The molecule has 0 aliphatic rings. The highest BCUT2D eigenvalue weighted by Gasteiger charge is 2.14. The molecule has 1 amide bonds. The van der Waals surface area contributed by atoms with Crippen LogP contribution in [0, 0.1) is 0 Å². The van der Waals surface area contributed by atoms with Gasteiger partial charge in [-0.25, -0.2) is 0 Å². The maximum absolute atomic E-state index is 11.8. The monoisotopic (exact) mass is 248 g/mol. The van der Waals surface area contributed by atoms with Gasteiger partial charge in [-0.2, -0.15) is 0 Å². The molecule has 0 saturated heterocycles. The number of hydrogen-bond donors (Lipinski definition) is 2. The summed E-state index contributed by atoms with van der Waals surface area (Å²) in [5, 5.41) is 2.91. The lowest BCUT2D eigenvalue weighted by Crippen LogP contribution is -2.32. The summed E-state index contributed by atoms with van der Waals surface area (Å²) in [5.41, 5.74) is 8.23. The topological polar surface area (TPSA) is 55.1 Å². The first kappa shape index (κ1) is 14.7. The van der Waals surface area contributed by atoms with E-state index in [2.05, 4.69) is 36.5 Å². The number of hydrogen-bond acceptors (Lipinski definition) is 2. The molecule has 0 bridgehead atoms. The molecule has 0 heterocycles. The molecule has 0 aromatic heterocycles. The molecule has 0 aliphatic heterocycles. The van der Waals surface area contributed by atoms with Gasteiger partial charge >= 0.3 is 0 Å². The third kappa shape index (κ3) is 4.49. The summed E-state index contributed by atoms with van der Waals surface area (Å²) in [4.78, 5) is 11.8. The predicted octanol–water partition coefficient (Wildman–Crippen LogP) is 2.21. The molecule has 1 atom stereocenters. The van der Waals surface area contributed by atoms with Crippen molar-refractivity contribution in [1.82, 2.24) is 5.32 Å². The molecule has 3 heteroatoms. The van der Waals surface area contributed by atoms with Crippen molar-refractivity contribution in [2.24, 2.45) is 5.73 Å². The van der Waals surface area contributed by atoms with Crippen LogP contribution < -0.4 is 11.1 Å². The van der Waals surface area contributed by atoms with Crippen LogP contribution in [-0.2, 0) is 11.2 Å². The third-order valence-corrected chi connectivity index (χ3v) is 3.03. The van der Waals surface area contributed by atoms with Crippen LogP contribution in [0.3, 0.4) is 0 Å². The van der Waals surface area contributed by atoms with E-state index in [9.17, 15) is 4.79 Å². The van der Waals surface area contributed by atoms with E-state index in [1.54, 1.807) is 0 Å². The Morgan fingerprint density at radius 2 is 1.89 bits per heavy atom. The molecule has 1 aromatic rings. The Hall–Kier alpha value is -1.35. The molecule has 0 aliphatic carbocycles. The molecular weight excluding hydrogens is 224 g/mol. The van der Waals surface area contributed by atoms with Gasteiger partial charge in [0.25, 0.3) is 0 Å². The lowest BCUT2D eigenvalue weighted by Gasteiger charge is -2.16. The van der Waals surface area contributed by atoms with E-state index in [0.29, 0.717) is 13.0 Å². The van der Waals surface area contributed by atoms with Crippen LogP contribution in [0.15, 0.2) is 24.3 Å². The first-order chi connectivity index (χ1) is 8.56. The smallest absolute Gasteiger partial charge is 0.220 e. The summed E-state index contributed by atoms with van der Waals surface area (Å²) in [6.07, 6.45) is 1.49. The van der Waals surface area contributed by atoms with Crippen LogP contribution in [0.2, 0.25) is 0 Å². The van der Waals surface area contributed by atoms with Crippen LogP contribution in [0.25, 0.3) is 0 Å². The van der Waals surface area contributed by atoms with Gasteiger partial charge in [0.05, 0.1) is 0 Å². The Labute approximate surface area is 110 Å². The molecular formula is C15H24N2O. The number of carbonyl (C=O) groups is 1. The maximum Gasteiger partial charge on any atom is 0.220 e. The van der Waals surface area contributed by atoms with Crippen LogP contribution >= 0.6 is 0 Å². The van der Waals surface area contributed by atoms with E-state index >= 15 is 0 Å². The summed E-state index contributed by atoms with van der Waals surface area (Å²) in [6, 6.07) is 8.56. The zero-order valence-electron chi connectivity index (χ0n) is 11.6. The number of amides is 1. The first-order valence-corrected chi connectivity index (χ1v) is 6.65. The van der Waals surface area contributed by atoms with Gasteiger partial charge in [0.2, 0.25) is 5.91 Å². The van der Waals surface area contributed by atoms with Gasteiger partial charge in [-0.05, 0) is 37.9 Å². The second-order valence-corrected chi connectivity index (χ2v) is 4.95. The second-order valence-electron chi connectivity index (χ2n) is 4.95. The highest BCUT2D eigenvalue weighted by Crippen LogP contribution is 2.19. The van der Waals surface area contributed by atoms with E-state index in [1.165, 1.54) is 5.56 Å². The zero-order chi connectivity index (χ0) is 13.5. The molecule has 18 heavy (non-hydrogen) atoms. The molecule has 100 valence electrons. The van der Waals surface area contributed by atoms with Crippen LogP contribution in [0.5, 0.6) is 0 Å². The second kappa shape index (κ2) is 7.17. The highest BCUT2D eigenvalue weighted by molar-refractivity contribution is 5.77. The van der Waals surface area contributed by atoms with Crippen LogP contribution in [0.1, 0.15) is 44.2 Å². The average Bonchev–Trinajstić information content (AvgIpc) is 2.35. The largest absolute Gasteiger partial charge is 0.354 e. The average molecular weight is 248 g/mol. The molecule has 3 nitrogen and oxygen atoms in total. The Bertz CT molecular complexity index is 371. The van der Waals surface area contributed by atoms with Crippen LogP contribution in [-0.4, -0.2) is 18.5 Å². The van der Waals surface area contributed by atoms with Crippen molar-refractivity contribution in [2.45, 2.75) is 45.6 Å². The molecule has 0 saturated carbocycles. The van der Waals surface area contributed by atoms with Crippen molar-refractivity contribution in [1.29, 1.82) is 0 Å². The van der Waals surface area contributed by atoms with Gasteiger partial charge in [-0.3, -0.25) is 4.79 Å². The zero-order valence-corrected chi connectivity index (χ0v) is 11.6. The molecule has 0 spiro atoms. The number of nitrogens with one attached hydrogen (secondary N) is 1. The van der Waals surface area contributed by atoms with Crippen molar-refractivity contribution in [2.75, 3.05) is 6.54 Å². The maximum atomic E-state index is 11.8. The predicted molar refractivity (Wildman–Crippen MR) is 75.5 cm³/mol.